The lowest BCUT2D eigenvalue weighted by Gasteiger charge is -2.40. The maximum absolute atomic E-state index is 13.1. The number of halogens is 1. The molecule has 0 atom stereocenters. The van der Waals surface area contributed by atoms with Crippen LogP contribution in [0.1, 0.15) is 38.2 Å². The molecule has 0 spiro atoms. The molecule has 1 saturated carbocycles. The Morgan fingerprint density at radius 1 is 1.11 bits per heavy atom. The minimum atomic E-state index is -0.392. The summed E-state index contributed by atoms with van der Waals surface area (Å²) >= 11 is 0. The Balaban J connectivity index is 1.55. The lowest BCUT2D eigenvalue weighted by molar-refractivity contribution is -0.129. The van der Waals surface area contributed by atoms with E-state index in [2.05, 4.69) is 17.2 Å². The van der Waals surface area contributed by atoms with Gasteiger partial charge in [0.25, 0.3) is 0 Å². The highest BCUT2D eigenvalue weighted by atomic mass is 19.1. The Morgan fingerprint density at radius 2 is 1.79 bits per heavy atom. The van der Waals surface area contributed by atoms with Gasteiger partial charge in [-0.1, -0.05) is 37.6 Å². The van der Waals surface area contributed by atoms with Crippen LogP contribution >= 0.6 is 0 Å². The van der Waals surface area contributed by atoms with E-state index in [-0.39, 0.29) is 11.7 Å². The van der Waals surface area contributed by atoms with Gasteiger partial charge in [-0.3, -0.25) is 4.79 Å². The first-order valence-corrected chi connectivity index (χ1v) is 9.73. The molecule has 0 radical (unpaired) electrons. The third-order valence-electron chi connectivity index (χ3n) is 5.51. The maximum atomic E-state index is 13.1. The predicted octanol–water partition coefficient (Wildman–Crippen LogP) is 5.10. The molecular weight excluding hydrogens is 355 g/mol. The number of hydrogen-bond donors (Lipinski definition) is 1. The number of hydrogen-bond acceptors (Lipinski definition) is 3. The van der Waals surface area contributed by atoms with Gasteiger partial charge in [0.2, 0.25) is 11.8 Å². The number of benzene rings is 2. The molecule has 28 heavy (non-hydrogen) atoms. The Bertz CT molecular complexity index is 957. The molecule has 0 bridgehead atoms. The molecule has 1 aromatic heterocycles. The molecule has 2 aromatic carbocycles. The van der Waals surface area contributed by atoms with Crippen LogP contribution in [0.15, 0.2) is 59.2 Å². The van der Waals surface area contributed by atoms with Crippen LogP contribution in [0.4, 0.5) is 4.39 Å². The lowest BCUT2D eigenvalue weighted by Crippen LogP contribution is -2.49. The molecule has 1 heterocycles. The van der Waals surface area contributed by atoms with Crippen molar-refractivity contribution in [2.24, 2.45) is 0 Å². The van der Waals surface area contributed by atoms with E-state index in [1.807, 2.05) is 24.3 Å². The summed E-state index contributed by atoms with van der Waals surface area (Å²) in [4.78, 5) is 17.2. The van der Waals surface area contributed by atoms with E-state index in [4.69, 9.17) is 4.42 Å². The molecule has 144 valence electrons. The monoisotopic (exact) mass is 378 g/mol. The molecule has 5 heteroatoms. The second-order valence-corrected chi connectivity index (χ2v) is 7.31. The fraction of sp³-hybridized carbons (Fsp3) is 0.304. The summed E-state index contributed by atoms with van der Waals surface area (Å²) < 4.78 is 18.6. The van der Waals surface area contributed by atoms with Crippen molar-refractivity contribution in [1.29, 1.82) is 0 Å². The molecule has 3 aromatic rings. The van der Waals surface area contributed by atoms with Gasteiger partial charge in [-0.25, -0.2) is 9.37 Å². The smallest absolute Gasteiger partial charge is 0.230 e. The minimum absolute atomic E-state index is 0.133. The lowest BCUT2D eigenvalue weighted by atomic mass is 9.63. The van der Waals surface area contributed by atoms with E-state index in [0.717, 1.165) is 42.4 Å². The van der Waals surface area contributed by atoms with Crippen LogP contribution in [0, 0.1) is 5.82 Å². The second kappa shape index (κ2) is 7.58. The average molecular weight is 378 g/mol. The predicted molar refractivity (Wildman–Crippen MR) is 106 cm³/mol. The van der Waals surface area contributed by atoms with Crippen LogP contribution in [-0.2, 0) is 10.2 Å². The summed E-state index contributed by atoms with van der Waals surface area (Å²) in [6.07, 6.45) is 5.39. The quantitative estimate of drug-likeness (QED) is 0.650. The van der Waals surface area contributed by atoms with Crippen LogP contribution in [0.5, 0.6) is 0 Å². The van der Waals surface area contributed by atoms with Crippen molar-refractivity contribution in [1.82, 2.24) is 10.3 Å². The SMILES string of the molecule is CCCNC(=O)C1(c2ccc(-c3coc(-c4ccc(F)cc4)n3)cc2)CCC1. The number of amides is 1. The fourth-order valence-corrected chi connectivity index (χ4v) is 3.68. The molecule has 1 fully saturated rings. The molecule has 0 unspecified atom stereocenters. The Hall–Kier alpha value is -2.95. The van der Waals surface area contributed by atoms with Gasteiger partial charge in [-0.2, -0.15) is 0 Å². The zero-order valence-corrected chi connectivity index (χ0v) is 15.9. The third-order valence-corrected chi connectivity index (χ3v) is 5.51. The van der Waals surface area contributed by atoms with Gasteiger partial charge in [0.1, 0.15) is 17.8 Å². The number of carbonyl (C=O) groups is 1. The van der Waals surface area contributed by atoms with E-state index >= 15 is 0 Å². The van der Waals surface area contributed by atoms with E-state index in [1.54, 1.807) is 18.4 Å². The first-order valence-electron chi connectivity index (χ1n) is 9.73. The topological polar surface area (TPSA) is 55.1 Å². The van der Waals surface area contributed by atoms with Crippen molar-refractivity contribution >= 4 is 5.91 Å². The second-order valence-electron chi connectivity index (χ2n) is 7.31. The molecule has 1 N–H and O–H groups in total. The van der Waals surface area contributed by atoms with Crippen LogP contribution in [-0.4, -0.2) is 17.4 Å². The molecule has 0 aliphatic heterocycles. The number of oxazole rings is 1. The number of nitrogens with one attached hydrogen (secondary N) is 1. The van der Waals surface area contributed by atoms with Crippen LogP contribution in [0.3, 0.4) is 0 Å². The van der Waals surface area contributed by atoms with Crippen molar-refractivity contribution in [3.8, 4) is 22.7 Å². The fourth-order valence-electron chi connectivity index (χ4n) is 3.68. The van der Waals surface area contributed by atoms with Crippen molar-refractivity contribution < 1.29 is 13.6 Å². The van der Waals surface area contributed by atoms with E-state index in [9.17, 15) is 9.18 Å². The normalized spacial score (nSPS) is 15.1. The Labute approximate surface area is 163 Å². The first-order chi connectivity index (χ1) is 13.6. The van der Waals surface area contributed by atoms with Crippen molar-refractivity contribution in [2.45, 2.75) is 38.0 Å². The van der Waals surface area contributed by atoms with Gasteiger partial charge < -0.3 is 9.73 Å². The zero-order chi connectivity index (χ0) is 19.6. The summed E-state index contributed by atoms with van der Waals surface area (Å²) in [5.41, 5.74) is 3.02. The summed E-state index contributed by atoms with van der Waals surface area (Å²) in [5, 5.41) is 3.05. The van der Waals surface area contributed by atoms with Gasteiger partial charge in [0.15, 0.2) is 0 Å². The third kappa shape index (κ3) is 3.33. The molecular formula is C23H23FN2O2. The summed E-state index contributed by atoms with van der Waals surface area (Å²) in [6.45, 7) is 2.77. The highest BCUT2D eigenvalue weighted by Crippen LogP contribution is 2.44. The van der Waals surface area contributed by atoms with Gasteiger partial charge in [-0.05, 0) is 49.1 Å². The number of aromatic nitrogens is 1. The highest BCUT2D eigenvalue weighted by molar-refractivity contribution is 5.89. The van der Waals surface area contributed by atoms with Crippen LogP contribution < -0.4 is 5.32 Å². The summed E-state index contributed by atoms with van der Waals surface area (Å²) in [5.74, 6) is 0.292. The van der Waals surface area contributed by atoms with Crippen LogP contribution in [0.2, 0.25) is 0 Å². The van der Waals surface area contributed by atoms with Crippen molar-refractivity contribution in [3.05, 3.63) is 66.2 Å². The van der Waals surface area contributed by atoms with Gasteiger partial charge in [0.05, 0.1) is 5.41 Å². The number of nitrogens with zero attached hydrogens (tertiary/aromatic N) is 1. The summed E-state index contributed by atoms with van der Waals surface area (Å²) in [6, 6.07) is 14.1. The van der Waals surface area contributed by atoms with Crippen LogP contribution in [0.25, 0.3) is 22.7 Å². The molecule has 1 aliphatic rings. The Kier molecular flexibility index (Phi) is 4.99. The molecule has 4 rings (SSSR count). The maximum Gasteiger partial charge on any atom is 0.230 e. The van der Waals surface area contributed by atoms with Gasteiger partial charge >= 0.3 is 0 Å². The number of rotatable bonds is 6. The highest BCUT2D eigenvalue weighted by Gasteiger charge is 2.45. The largest absolute Gasteiger partial charge is 0.444 e. The van der Waals surface area contributed by atoms with Gasteiger partial charge in [0, 0.05) is 17.7 Å². The van der Waals surface area contributed by atoms with E-state index < -0.39 is 5.41 Å². The number of carbonyl (C=O) groups excluding carboxylic acids is 1. The van der Waals surface area contributed by atoms with E-state index in [1.165, 1.54) is 12.1 Å². The van der Waals surface area contributed by atoms with Crippen molar-refractivity contribution in [2.75, 3.05) is 6.54 Å². The minimum Gasteiger partial charge on any atom is -0.444 e. The molecule has 1 aliphatic carbocycles. The average Bonchev–Trinajstić information content (AvgIpc) is 3.17. The molecule has 4 nitrogen and oxygen atoms in total. The standard InChI is InChI=1S/C23H23FN2O2/c1-2-14-25-22(27)23(12-3-13-23)18-8-4-16(5-9-18)20-15-28-21(26-20)17-6-10-19(24)11-7-17/h4-11,15H,2-3,12-14H2,1H3,(H,25,27). The zero-order valence-electron chi connectivity index (χ0n) is 15.9. The molecule has 1 amide bonds. The first kappa shape index (κ1) is 18.4. The Morgan fingerprint density at radius 3 is 2.39 bits per heavy atom. The van der Waals surface area contributed by atoms with Crippen molar-refractivity contribution in [3.63, 3.8) is 0 Å². The molecule has 0 saturated heterocycles. The summed E-state index contributed by atoms with van der Waals surface area (Å²) in [7, 11) is 0. The van der Waals surface area contributed by atoms with E-state index in [0.29, 0.717) is 18.1 Å². The van der Waals surface area contributed by atoms with Gasteiger partial charge in [-0.15, -0.1) is 0 Å².